The van der Waals surface area contributed by atoms with E-state index in [4.69, 9.17) is 16.3 Å². The second-order valence-corrected chi connectivity index (χ2v) is 5.15. The number of nitrogens with one attached hydrogen (secondary N) is 1. The molecule has 4 nitrogen and oxygen atoms in total. The van der Waals surface area contributed by atoms with Crippen molar-refractivity contribution in [3.8, 4) is 5.75 Å². The maximum Gasteiger partial charge on any atom is 0.124 e. The molecule has 0 spiro atoms. The van der Waals surface area contributed by atoms with Crippen LogP contribution in [0.25, 0.3) is 0 Å². The van der Waals surface area contributed by atoms with Crippen LogP contribution in [0.1, 0.15) is 30.6 Å². The fourth-order valence-electron chi connectivity index (χ4n) is 1.89. The van der Waals surface area contributed by atoms with E-state index in [2.05, 4.69) is 21.8 Å². The molecule has 0 aliphatic heterocycles. The van der Waals surface area contributed by atoms with E-state index in [-0.39, 0.29) is 6.04 Å². The van der Waals surface area contributed by atoms with E-state index in [9.17, 15) is 0 Å². The van der Waals surface area contributed by atoms with E-state index >= 15 is 0 Å². The minimum absolute atomic E-state index is 0.0488. The highest BCUT2D eigenvalue weighted by atomic mass is 35.5. The molecule has 0 aliphatic rings. The third-order valence-corrected chi connectivity index (χ3v) is 3.53. The predicted octanol–water partition coefficient (Wildman–Crippen LogP) is 3.29. The van der Waals surface area contributed by atoms with Gasteiger partial charge in [-0.1, -0.05) is 23.0 Å². The molecule has 6 heteroatoms. The summed E-state index contributed by atoms with van der Waals surface area (Å²) < 4.78 is 9.35. The Morgan fingerprint density at radius 2 is 2.32 bits per heavy atom. The highest BCUT2D eigenvalue weighted by Crippen LogP contribution is 2.31. The summed E-state index contributed by atoms with van der Waals surface area (Å²) in [7, 11) is 1.66. The highest BCUT2D eigenvalue weighted by Gasteiger charge is 2.20. The molecule has 0 amide bonds. The normalized spacial score (nSPS) is 12.4. The number of hydrogen-bond donors (Lipinski definition) is 1. The molecule has 1 aromatic heterocycles. The molecule has 0 saturated heterocycles. The molecular formula is C13H16ClN3OS. The lowest BCUT2D eigenvalue weighted by molar-refractivity contribution is 0.403. The van der Waals surface area contributed by atoms with Gasteiger partial charge in [0.25, 0.3) is 0 Å². The highest BCUT2D eigenvalue weighted by molar-refractivity contribution is 7.03. The van der Waals surface area contributed by atoms with Gasteiger partial charge in [0.1, 0.15) is 5.75 Å². The predicted molar refractivity (Wildman–Crippen MR) is 78.0 cm³/mol. The Labute approximate surface area is 121 Å². The lowest BCUT2D eigenvalue weighted by Crippen LogP contribution is -2.24. The van der Waals surface area contributed by atoms with Crippen LogP contribution in [0.5, 0.6) is 5.75 Å². The van der Waals surface area contributed by atoms with Gasteiger partial charge in [0.05, 0.1) is 18.8 Å². The second-order valence-electron chi connectivity index (χ2n) is 4.10. The van der Waals surface area contributed by atoms with Crippen LogP contribution in [0.4, 0.5) is 0 Å². The summed E-state index contributed by atoms with van der Waals surface area (Å²) in [4.78, 5) is 0. The first-order chi connectivity index (χ1) is 9.26. The van der Waals surface area contributed by atoms with E-state index in [1.165, 1.54) is 11.5 Å². The van der Waals surface area contributed by atoms with E-state index in [1.54, 1.807) is 7.11 Å². The quantitative estimate of drug-likeness (QED) is 0.889. The van der Waals surface area contributed by atoms with Gasteiger partial charge in [-0.05, 0) is 42.7 Å². The topological polar surface area (TPSA) is 47.0 Å². The molecular weight excluding hydrogens is 282 g/mol. The molecule has 1 atom stereocenters. The van der Waals surface area contributed by atoms with Crippen molar-refractivity contribution in [1.82, 2.24) is 14.9 Å². The number of benzene rings is 1. The summed E-state index contributed by atoms with van der Waals surface area (Å²) in [6, 6.07) is 5.55. The van der Waals surface area contributed by atoms with E-state index < -0.39 is 0 Å². The van der Waals surface area contributed by atoms with Crippen LogP contribution in [0, 0.1) is 0 Å². The van der Waals surface area contributed by atoms with Crippen molar-refractivity contribution < 1.29 is 4.74 Å². The molecule has 1 N–H and O–H groups in total. The minimum atomic E-state index is -0.0488. The molecule has 0 radical (unpaired) electrons. The Morgan fingerprint density at radius 3 is 2.95 bits per heavy atom. The van der Waals surface area contributed by atoms with Gasteiger partial charge in [-0.15, -0.1) is 5.10 Å². The molecule has 102 valence electrons. The largest absolute Gasteiger partial charge is 0.496 e. The molecule has 0 saturated carbocycles. The zero-order chi connectivity index (χ0) is 13.7. The number of hydrogen-bond acceptors (Lipinski definition) is 5. The van der Waals surface area contributed by atoms with Gasteiger partial charge in [0.15, 0.2) is 0 Å². The summed E-state index contributed by atoms with van der Waals surface area (Å²) >= 11 is 7.44. The van der Waals surface area contributed by atoms with E-state index in [0.717, 1.165) is 30.0 Å². The third kappa shape index (κ3) is 3.43. The summed E-state index contributed by atoms with van der Waals surface area (Å²) in [5.41, 5.74) is 1.87. The lowest BCUT2D eigenvalue weighted by Gasteiger charge is -2.19. The first kappa shape index (κ1) is 14.2. The minimum Gasteiger partial charge on any atom is -0.496 e. The van der Waals surface area contributed by atoms with Crippen molar-refractivity contribution in [3.05, 3.63) is 39.9 Å². The van der Waals surface area contributed by atoms with Crippen molar-refractivity contribution in [1.29, 1.82) is 0 Å². The van der Waals surface area contributed by atoms with Crippen LogP contribution >= 0.6 is 23.1 Å². The molecule has 0 bridgehead atoms. The standard InChI is InChI=1S/C13H16ClN3OS/c1-3-6-15-13(11-8-19-17-16-11)10-7-9(14)4-5-12(10)18-2/h4-5,7-8,13,15H,3,6H2,1-2H3. The van der Waals surface area contributed by atoms with Crippen molar-refractivity contribution in [3.63, 3.8) is 0 Å². The first-order valence-corrected chi connectivity index (χ1v) is 7.31. The van der Waals surface area contributed by atoms with Gasteiger partial charge in [0, 0.05) is 16.0 Å². The summed E-state index contributed by atoms with van der Waals surface area (Å²) in [6.07, 6.45) is 1.04. The number of ether oxygens (including phenoxy) is 1. The molecule has 1 unspecified atom stereocenters. The number of methoxy groups -OCH3 is 1. The Bertz CT molecular complexity index is 519. The summed E-state index contributed by atoms with van der Waals surface area (Å²) in [5, 5.41) is 10.2. The molecule has 1 aromatic carbocycles. The molecule has 2 rings (SSSR count). The van der Waals surface area contributed by atoms with Crippen molar-refractivity contribution in [2.45, 2.75) is 19.4 Å². The van der Waals surface area contributed by atoms with Crippen molar-refractivity contribution in [2.24, 2.45) is 0 Å². The Balaban J connectivity index is 2.39. The third-order valence-electron chi connectivity index (χ3n) is 2.77. The molecule has 0 aliphatic carbocycles. The van der Waals surface area contributed by atoms with Gasteiger partial charge in [-0.3, -0.25) is 0 Å². The zero-order valence-electron chi connectivity index (χ0n) is 10.9. The molecule has 1 heterocycles. The lowest BCUT2D eigenvalue weighted by atomic mass is 10.0. The smallest absolute Gasteiger partial charge is 0.124 e. The fourth-order valence-corrected chi connectivity index (χ4v) is 2.55. The van der Waals surface area contributed by atoms with Gasteiger partial charge >= 0.3 is 0 Å². The van der Waals surface area contributed by atoms with Gasteiger partial charge < -0.3 is 10.1 Å². The van der Waals surface area contributed by atoms with Crippen LogP contribution in [-0.4, -0.2) is 23.2 Å². The summed E-state index contributed by atoms with van der Waals surface area (Å²) in [5.74, 6) is 0.797. The van der Waals surface area contributed by atoms with Crippen molar-refractivity contribution in [2.75, 3.05) is 13.7 Å². The van der Waals surface area contributed by atoms with Crippen LogP contribution in [0.3, 0.4) is 0 Å². The van der Waals surface area contributed by atoms with Gasteiger partial charge in [0.2, 0.25) is 0 Å². The van der Waals surface area contributed by atoms with Crippen LogP contribution in [-0.2, 0) is 0 Å². The van der Waals surface area contributed by atoms with Crippen molar-refractivity contribution >= 4 is 23.1 Å². The Morgan fingerprint density at radius 1 is 1.47 bits per heavy atom. The van der Waals surface area contributed by atoms with Gasteiger partial charge in [-0.2, -0.15) is 0 Å². The number of nitrogens with zero attached hydrogens (tertiary/aromatic N) is 2. The maximum atomic E-state index is 6.10. The maximum absolute atomic E-state index is 6.10. The average molecular weight is 298 g/mol. The van der Waals surface area contributed by atoms with E-state index in [1.807, 2.05) is 23.6 Å². The monoisotopic (exact) mass is 297 g/mol. The van der Waals surface area contributed by atoms with Crippen LogP contribution in [0.2, 0.25) is 5.02 Å². The first-order valence-electron chi connectivity index (χ1n) is 6.10. The Hall–Kier alpha value is -1.17. The fraction of sp³-hybridized carbons (Fsp3) is 0.385. The van der Waals surface area contributed by atoms with Gasteiger partial charge in [-0.25, -0.2) is 0 Å². The number of halogens is 1. The number of aromatic nitrogens is 2. The SMILES string of the molecule is CCCNC(c1csnn1)c1cc(Cl)ccc1OC. The number of rotatable bonds is 6. The Kier molecular flexibility index (Phi) is 5.13. The molecule has 2 aromatic rings. The zero-order valence-corrected chi connectivity index (χ0v) is 12.5. The average Bonchev–Trinajstić information content (AvgIpc) is 2.93. The van der Waals surface area contributed by atoms with E-state index in [0.29, 0.717) is 5.02 Å². The van der Waals surface area contributed by atoms with Crippen LogP contribution < -0.4 is 10.1 Å². The van der Waals surface area contributed by atoms with Crippen LogP contribution in [0.15, 0.2) is 23.6 Å². The molecule has 0 fully saturated rings. The second kappa shape index (κ2) is 6.84. The molecule has 19 heavy (non-hydrogen) atoms. The summed E-state index contributed by atoms with van der Waals surface area (Å²) in [6.45, 7) is 3.01.